The highest BCUT2D eigenvalue weighted by atomic mass is 16.2. The zero-order valence-corrected chi connectivity index (χ0v) is 15.8. The smallest absolute Gasteiger partial charge is 0.268 e. The van der Waals surface area contributed by atoms with Gasteiger partial charge < -0.3 is 21.0 Å². The van der Waals surface area contributed by atoms with Crippen LogP contribution in [-0.2, 0) is 6.42 Å². The highest BCUT2D eigenvalue weighted by molar-refractivity contribution is 5.99. The van der Waals surface area contributed by atoms with Crippen LogP contribution in [0.3, 0.4) is 0 Å². The maximum atomic E-state index is 12.9. The lowest BCUT2D eigenvalue weighted by molar-refractivity contribution is 0.0928. The Bertz CT molecular complexity index is 1170. The van der Waals surface area contributed by atoms with E-state index in [0.717, 1.165) is 46.1 Å². The van der Waals surface area contributed by atoms with Crippen molar-refractivity contribution in [3.05, 3.63) is 68.3 Å². The van der Waals surface area contributed by atoms with E-state index in [1.54, 1.807) is 0 Å². The van der Waals surface area contributed by atoms with Gasteiger partial charge in [-0.05, 0) is 68.0 Å². The molecule has 1 aliphatic carbocycles. The number of hydrogen-bond acceptors (Lipinski definition) is 3. The van der Waals surface area contributed by atoms with Crippen LogP contribution in [0.15, 0.2) is 29.1 Å². The van der Waals surface area contributed by atoms with Crippen molar-refractivity contribution < 1.29 is 9.59 Å². The summed E-state index contributed by atoms with van der Waals surface area (Å²) in [6, 6.07) is 7.17. The van der Waals surface area contributed by atoms with Crippen LogP contribution in [0.25, 0.3) is 10.9 Å². The average molecular weight is 378 g/mol. The van der Waals surface area contributed by atoms with Gasteiger partial charge in [-0.3, -0.25) is 14.4 Å². The van der Waals surface area contributed by atoms with Crippen LogP contribution in [0.4, 0.5) is 0 Å². The topological polar surface area (TPSA) is 121 Å². The largest absolute Gasteiger partial charge is 0.365 e. The number of pyridine rings is 1. The monoisotopic (exact) mass is 378 g/mol. The standard InChI is InChI=1S/C21H22N4O3/c1-10-6-11(2)12-9-18(23-17(12)7-10)21(28)25-16-5-3-4-15-13(16)8-14(19(22)26)20(27)24-15/h6-9,16,23H,3-5H2,1-2H3,(H2,22,26)(H,24,27)(H,25,28). The molecule has 1 aromatic carbocycles. The van der Waals surface area contributed by atoms with Crippen molar-refractivity contribution >= 4 is 22.7 Å². The van der Waals surface area contributed by atoms with Gasteiger partial charge in [0.05, 0.1) is 6.04 Å². The fraction of sp³-hybridized carbons (Fsp3) is 0.286. The molecule has 0 saturated carbocycles. The molecule has 2 heterocycles. The summed E-state index contributed by atoms with van der Waals surface area (Å²) < 4.78 is 0. The second-order valence-electron chi connectivity index (χ2n) is 7.45. The van der Waals surface area contributed by atoms with Crippen molar-refractivity contribution in [2.45, 2.75) is 39.2 Å². The number of rotatable bonds is 3. The SMILES string of the molecule is Cc1cc(C)c2cc(C(=O)NC3CCCc4[nH]c(=O)c(C(N)=O)cc43)[nH]c2c1. The Balaban J connectivity index is 1.66. The Labute approximate surface area is 161 Å². The van der Waals surface area contributed by atoms with Crippen molar-refractivity contribution in [3.63, 3.8) is 0 Å². The third kappa shape index (κ3) is 3.09. The average Bonchev–Trinajstić information content (AvgIpc) is 3.05. The maximum Gasteiger partial charge on any atom is 0.268 e. The van der Waals surface area contributed by atoms with Gasteiger partial charge in [0.15, 0.2) is 0 Å². The number of primary amides is 1. The third-order valence-electron chi connectivity index (χ3n) is 5.36. The summed E-state index contributed by atoms with van der Waals surface area (Å²) in [5.74, 6) is -1.00. The van der Waals surface area contributed by atoms with E-state index < -0.39 is 11.5 Å². The lowest BCUT2D eigenvalue weighted by Crippen LogP contribution is -2.34. The molecule has 0 radical (unpaired) electrons. The van der Waals surface area contributed by atoms with Crippen LogP contribution in [0, 0.1) is 13.8 Å². The number of carbonyl (C=O) groups excluding carboxylic acids is 2. The summed E-state index contributed by atoms with van der Waals surface area (Å²) >= 11 is 0. The summed E-state index contributed by atoms with van der Waals surface area (Å²) in [5.41, 5.74) is 9.86. The molecule has 7 nitrogen and oxygen atoms in total. The van der Waals surface area contributed by atoms with E-state index in [-0.39, 0.29) is 17.5 Å². The van der Waals surface area contributed by atoms with Crippen LogP contribution in [-0.4, -0.2) is 21.8 Å². The zero-order valence-electron chi connectivity index (χ0n) is 15.8. The van der Waals surface area contributed by atoms with Crippen LogP contribution < -0.4 is 16.6 Å². The molecule has 0 saturated heterocycles. The molecule has 28 heavy (non-hydrogen) atoms. The van der Waals surface area contributed by atoms with Gasteiger partial charge in [-0.15, -0.1) is 0 Å². The summed E-state index contributed by atoms with van der Waals surface area (Å²) in [7, 11) is 0. The predicted molar refractivity (Wildman–Crippen MR) is 106 cm³/mol. The number of amides is 2. The Hall–Kier alpha value is -3.35. The molecule has 4 rings (SSSR count). The molecule has 0 aliphatic heterocycles. The van der Waals surface area contributed by atoms with Crippen molar-refractivity contribution in [1.29, 1.82) is 0 Å². The van der Waals surface area contributed by atoms with Crippen LogP contribution in [0.5, 0.6) is 0 Å². The number of nitrogens with two attached hydrogens (primary N) is 1. The number of fused-ring (bicyclic) bond motifs is 2. The quantitative estimate of drug-likeness (QED) is 0.560. The zero-order chi connectivity index (χ0) is 20.0. The van der Waals surface area contributed by atoms with Crippen LogP contribution in [0.1, 0.15) is 62.1 Å². The lowest BCUT2D eigenvalue weighted by atomic mass is 9.90. The minimum atomic E-state index is -0.777. The van der Waals surface area contributed by atoms with Crippen molar-refractivity contribution in [2.75, 3.05) is 0 Å². The van der Waals surface area contributed by atoms with Crippen molar-refractivity contribution in [1.82, 2.24) is 15.3 Å². The lowest BCUT2D eigenvalue weighted by Gasteiger charge is -2.26. The maximum absolute atomic E-state index is 12.9. The molecule has 1 atom stereocenters. The Kier molecular flexibility index (Phi) is 4.30. The van der Waals surface area contributed by atoms with Gasteiger partial charge in [-0.2, -0.15) is 0 Å². The summed E-state index contributed by atoms with van der Waals surface area (Å²) in [4.78, 5) is 42.3. The number of H-pyrrole nitrogens is 2. The van der Waals surface area contributed by atoms with E-state index in [1.165, 1.54) is 6.07 Å². The number of benzene rings is 1. The Morgan fingerprint density at radius 3 is 2.68 bits per heavy atom. The molecule has 1 aliphatic rings. The molecule has 144 valence electrons. The number of aromatic nitrogens is 2. The number of aryl methyl sites for hydroxylation is 3. The molecule has 0 bridgehead atoms. The third-order valence-corrected chi connectivity index (χ3v) is 5.36. The van der Waals surface area contributed by atoms with Gasteiger partial charge in [-0.1, -0.05) is 6.07 Å². The molecule has 2 amide bonds. The number of aromatic amines is 2. The molecular formula is C21H22N4O3. The normalized spacial score (nSPS) is 16.0. The Morgan fingerprint density at radius 1 is 1.14 bits per heavy atom. The van der Waals surface area contributed by atoms with Crippen molar-refractivity contribution in [3.8, 4) is 0 Å². The molecule has 3 aromatic rings. The first kappa shape index (κ1) is 18.0. The molecular weight excluding hydrogens is 356 g/mol. The Morgan fingerprint density at radius 2 is 1.93 bits per heavy atom. The first-order valence-electron chi connectivity index (χ1n) is 9.30. The minimum Gasteiger partial charge on any atom is -0.365 e. The molecule has 0 spiro atoms. The van der Waals surface area contributed by atoms with Gasteiger partial charge in [0.25, 0.3) is 17.4 Å². The van der Waals surface area contributed by atoms with Crippen LogP contribution >= 0.6 is 0 Å². The molecule has 5 N–H and O–H groups in total. The summed E-state index contributed by atoms with van der Waals surface area (Å²) in [6.45, 7) is 4.03. The van der Waals surface area contributed by atoms with Gasteiger partial charge >= 0.3 is 0 Å². The van der Waals surface area contributed by atoms with E-state index >= 15 is 0 Å². The number of hydrogen-bond donors (Lipinski definition) is 4. The van der Waals surface area contributed by atoms with E-state index in [1.807, 2.05) is 26.0 Å². The summed E-state index contributed by atoms with van der Waals surface area (Å²) in [6.07, 6.45) is 2.25. The van der Waals surface area contributed by atoms with E-state index in [9.17, 15) is 14.4 Å². The molecule has 2 aromatic heterocycles. The highest BCUT2D eigenvalue weighted by Gasteiger charge is 2.25. The molecule has 7 heteroatoms. The fourth-order valence-corrected chi connectivity index (χ4v) is 4.03. The number of nitrogens with one attached hydrogen (secondary N) is 3. The van der Waals surface area contributed by atoms with E-state index in [4.69, 9.17) is 5.73 Å². The fourth-order valence-electron chi connectivity index (χ4n) is 4.03. The van der Waals surface area contributed by atoms with Crippen LogP contribution in [0.2, 0.25) is 0 Å². The van der Waals surface area contributed by atoms with E-state index in [2.05, 4.69) is 21.4 Å². The molecule has 0 fully saturated rings. The predicted octanol–water partition coefficient (Wildman–Crippen LogP) is 2.38. The second kappa shape index (κ2) is 6.67. The van der Waals surface area contributed by atoms with Crippen molar-refractivity contribution in [2.24, 2.45) is 5.73 Å². The van der Waals surface area contributed by atoms with Gasteiger partial charge in [0.1, 0.15) is 11.3 Å². The summed E-state index contributed by atoms with van der Waals surface area (Å²) in [5, 5.41) is 4.04. The first-order chi connectivity index (χ1) is 13.3. The second-order valence-corrected chi connectivity index (χ2v) is 7.45. The van der Waals surface area contributed by atoms with E-state index in [0.29, 0.717) is 12.1 Å². The molecule has 1 unspecified atom stereocenters. The van der Waals surface area contributed by atoms with Gasteiger partial charge in [0.2, 0.25) is 0 Å². The first-order valence-corrected chi connectivity index (χ1v) is 9.30. The highest BCUT2D eigenvalue weighted by Crippen LogP contribution is 2.29. The minimum absolute atomic E-state index is 0.0865. The number of carbonyl (C=O) groups is 2. The van der Waals surface area contributed by atoms with Gasteiger partial charge in [-0.25, -0.2) is 0 Å². The van der Waals surface area contributed by atoms with Gasteiger partial charge in [0, 0.05) is 16.6 Å².